The Bertz CT molecular complexity index is 2530. The van der Waals surface area contributed by atoms with E-state index in [4.69, 9.17) is 4.98 Å². The summed E-state index contributed by atoms with van der Waals surface area (Å²) in [6.07, 6.45) is 0. The van der Waals surface area contributed by atoms with E-state index in [0.717, 1.165) is 16.4 Å². The van der Waals surface area contributed by atoms with Crippen LogP contribution in [0.15, 0.2) is 146 Å². The van der Waals surface area contributed by atoms with Crippen LogP contribution in [-0.2, 0) is 5.41 Å². The number of aromatic nitrogens is 1. The highest BCUT2D eigenvalue weighted by atomic mass is 32.1. The molecule has 7 aromatic carbocycles. The van der Waals surface area contributed by atoms with Crippen molar-refractivity contribution in [2.75, 3.05) is 4.90 Å². The number of para-hydroxylation sites is 1. The maximum Gasteiger partial charge on any atom is 0.124 e. The maximum atomic E-state index is 5.28. The zero-order chi connectivity index (χ0) is 31.3. The number of hydrogen-bond acceptors (Lipinski definition) is 3. The van der Waals surface area contributed by atoms with E-state index in [1.807, 2.05) is 0 Å². The summed E-state index contributed by atoms with van der Waals surface area (Å²) in [4.78, 5) is 8.97. The first-order chi connectivity index (χ1) is 23.1. The van der Waals surface area contributed by atoms with Gasteiger partial charge in [-0.25, -0.2) is 4.98 Å². The molecule has 2 aliphatic carbocycles. The number of rotatable bonds is 4. The van der Waals surface area contributed by atoms with Gasteiger partial charge in [0.15, 0.2) is 0 Å². The van der Waals surface area contributed by atoms with Crippen molar-refractivity contribution in [3.8, 4) is 43.4 Å². The summed E-state index contributed by atoms with van der Waals surface area (Å²) in [6.45, 7) is 4.70. The first-order valence-electron chi connectivity index (χ1n) is 16.2. The van der Waals surface area contributed by atoms with Gasteiger partial charge in [-0.15, -0.1) is 11.3 Å². The molecule has 47 heavy (non-hydrogen) atoms. The van der Waals surface area contributed by atoms with Gasteiger partial charge in [-0.1, -0.05) is 123 Å². The summed E-state index contributed by atoms with van der Waals surface area (Å²) in [5, 5.41) is 6.10. The Labute approximate surface area is 278 Å². The van der Waals surface area contributed by atoms with Crippen molar-refractivity contribution in [3.63, 3.8) is 0 Å². The Balaban J connectivity index is 1.13. The van der Waals surface area contributed by atoms with E-state index < -0.39 is 0 Å². The smallest absolute Gasteiger partial charge is 0.124 e. The minimum absolute atomic E-state index is 0.0744. The summed E-state index contributed by atoms with van der Waals surface area (Å²) in [5.41, 5.74) is 13.6. The Morgan fingerprint density at radius 1 is 0.553 bits per heavy atom. The predicted molar refractivity (Wildman–Crippen MR) is 199 cm³/mol. The van der Waals surface area contributed by atoms with Crippen LogP contribution in [-0.4, -0.2) is 4.98 Å². The number of anilines is 3. The fraction of sp³-hybridized carbons (Fsp3) is 0.0682. The first-order valence-corrected chi connectivity index (χ1v) is 17.0. The lowest BCUT2D eigenvalue weighted by Gasteiger charge is -2.29. The number of thiazole rings is 1. The lowest BCUT2D eigenvalue weighted by atomic mass is 9.82. The molecule has 0 fully saturated rings. The Hall–Kier alpha value is -5.51. The van der Waals surface area contributed by atoms with Gasteiger partial charge in [0.05, 0.1) is 16.3 Å². The Kier molecular flexibility index (Phi) is 5.53. The molecule has 2 aliphatic rings. The van der Waals surface area contributed by atoms with E-state index in [1.165, 1.54) is 76.7 Å². The second-order valence-corrected chi connectivity index (χ2v) is 14.2. The van der Waals surface area contributed by atoms with Crippen LogP contribution in [0.25, 0.3) is 64.9 Å². The highest BCUT2D eigenvalue weighted by molar-refractivity contribution is 7.19. The van der Waals surface area contributed by atoms with E-state index in [1.54, 1.807) is 11.3 Å². The second kappa shape index (κ2) is 9.75. The largest absolute Gasteiger partial charge is 0.310 e. The second-order valence-electron chi connectivity index (χ2n) is 13.2. The monoisotopic (exact) mass is 618 g/mol. The van der Waals surface area contributed by atoms with Crippen LogP contribution in [0.5, 0.6) is 0 Å². The molecule has 0 unspecified atom stereocenters. The zero-order valence-electron chi connectivity index (χ0n) is 26.2. The van der Waals surface area contributed by atoms with Gasteiger partial charge < -0.3 is 4.90 Å². The van der Waals surface area contributed by atoms with Crippen molar-refractivity contribution in [2.24, 2.45) is 0 Å². The molecular formula is C44H30N2S. The van der Waals surface area contributed by atoms with Gasteiger partial charge in [-0.3, -0.25) is 0 Å². The molecule has 1 aromatic heterocycles. The molecule has 2 nitrogen and oxygen atoms in total. The van der Waals surface area contributed by atoms with Gasteiger partial charge in [0.25, 0.3) is 0 Å². The molecule has 0 spiro atoms. The molecule has 1 heterocycles. The van der Waals surface area contributed by atoms with Gasteiger partial charge in [-0.05, 0) is 69.4 Å². The topological polar surface area (TPSA) is 16.1 Å². The van der Waals surface area contributed by atoms with Crippen molar-refractivity contribution in [2.45, 2.75) is 19.3 Å². The summed E-state index contributed by atoms with van der Waals surface area (Å²) < 4.78 is 0. The summed E-state index contributed by atoms with van der Waals surface area (Å²) in [5.74, 6) is 0. The fourth-order valence-corrected chi connectivity index (χ4v) is 9.05. The third kappa shape index (κ3) is 3.81. The number of nitrogens with zero attached hydrogens (tertiary/aromatic N) is 2. The summed E-state index contributed by atoms with van der Waals surface area (Å²) in [6, 6.07) is 53.2. The molecule has 0 bridgehead atoms. The average molecular weight is 619 g/mol. The maximum absolute atomic E-state index is 5.28. The fourth-order valence-electron chi connectivity index (χ4n) is 7.94. The average Bonchev–Trinajstić information content (AvgIpc) is 3.75. The highest BCUT2D eigenvalue weighted by Crippen LogP contribution is 2.55. The van der Waals surface area contributed by atoms with Crippen molar-refractivity contribution in [1.29, 1.82) is 0 Å². The molecule has 0 saturated carbocycles. The van der Waals surface area contributed by atoms with Crippen LogP contribution in [0.4, 0.5) is 17.1 Å². The third-order valence-corrected chi connectivity index (χ3v) is 11.4. The van der Waals surface area contributed by atoms with E-state index >= 15 is 0 Å². The van der Waals surface area contributed by atoms with Crippen LogP contribution in [0.2, 0.25) is 0 Å². The van der Waals surface area contributed by atoms with E-state index in [-0.39, 0.29) is 5.41 Å². The molecular weight excluding hydrogens is 589 g/mol. The van der Waals surface area contributed by atoms with Crippen molar-refractivity contribution in [3.05, 3.63) is 157 Å². The first kappa shape index (κ1) is 26.7. The molecule has 0 amide bonds. The lowest BCUT2D eigenvalue weighted by Crippen LogP contribution is -2.16. The molecule has 8 aromatic rings. The van der Waals surface area contributed by atoms with E-state index in [0.29, 0.717) is 0 Å². The highest BCUT2D eigenvalue weighted by Gasteiger charge is 2.36. The van der Waals surface area contributed by atoms with Crippen LogP contribution in [0.3, 0.4) is 0 Å². The zero-order valence-corrected chi connectivity index (χ0v) is 27.0. The SMILES string of the molecule is CC1(C)c2ccccc2-c2ccc(N(c3ccccc3)c3ccc4c5c(cccc35)-c3sc(-c5ccc6ccccc6c5)nc3-4)cc21. The van der Waals surface area contributed by atoms with Crippen molar-refractivity contribution in [1.82, 2.24) is 4.98 Å². The Morgan fingerprint density at radius 3 is 2.19 bits per heavy atom. The van der Waals surface area contributed by atoms with Crippen LogP contribution < -0.4 is 4.90 Å². The van der Waals surface area contributed by atoms with Crippen molar-refractivity contribution >= 4 is 49.9 Å². The quantitative estimate of drug-likeness (QED) is 0.195. The third-order valence-electron chi connectivity index (χ3n) is 10.2. The van der Waals surface area contributed by atoms with E-state index in [9.17, 15) is 0 Å². The van der Waals surface area contributed by atoms with Crippen LogP contribution >= 0.6 is 11.3 Å². The molecule has 222 valence electrons. The molecule has 10 rings (SSSR count). The van der Waals surface area contributed by atoms with Gasteiger partial charge in [0.1, 0.15) is 5.01 Å². The molecule has 0 saturated heterocycles. The van der Waals surface area contributed by atoms with Crippen LogP contribution in [0, 0.1) is 0 Å². The normalized spacial score (nSPS) is 13.5. The Morgan fingerprint density at radius 2 is 1.30 bits per heavy atom. The standard InChI is InChI=1S/C44H30N2S/c1-44(2)37-18-9-8-15-32(37)33-22-21-31(26-38(33)44)46(30-13-4-3-5-14-30)39-24-23-35-40-34(39)16-10-17-36(40)42-41(35)45-43(47-42)29-20-19-27-11-6-7-12-28(27)25-29/h3-26H,1-2H3. The minimum Gasteiger partial charge on any atom is -0.310 e. The summed E-state index contributed by atoms with van der Waals surface area (Å²) >= 11 is 1.80. The summed E-state index contributed by atoms with van der Waals surface area (Å²) in [7, 11) is 0. The number of hydrogen-bond donors (Lipinski definition) is 0. The molecule has 0 N–H and O–H groups in total. The van der Waals surface area contributed by atoms with Gasteiger partial charge in [-0.2, -0.15) is 0 Å². The molecule has 0 atom stereocenters. The van der Waals surface area contributed by atoms with Gasteiger partial charge >= 0.3 is 0 Å². The molecule has 0 aliphatic heterocycles. The van der Waals surface area contributed by atoms with Gasteiger partial charge in [0.2, 0.25) is 0 Å². The van der Waals surface area contributed by atoms with Crippen molar-refractivity contribution < 1.29 is 0 Å². The van der Waals surface area contributed by atoms with Gasteiger partial charge in [0, 0.05) is 44.3 Å². The molecule has 0 radical (unpaired) electrons. The van der Waals surface area contributed by atoms with Crippen LogP contribution in [0.1, 0.15) is 25.0 Å². The minimum atomic E-state index is -0.0744. The predicted octanol–water partition coefficient (Wildman–Crippen LogP) is 12.5. The number of fused-ring (bicyclic) bond motifs is 7. The molecule has 3 heteroatoms. The van der Waals surface area contributed by atoms with E-state index in [2.05, 4.69) is 164 Å². The lowest BCUT2D eigenvalue weighted by molar-refractivity contribution is 0.660. The number of benzene rings is 7.